The van der Waals surface area contributed by atoms with Crippen molar-refractivity contribution in [2.45, 2.75) is 39.8 Å². The highest BCUT2D eigenvalue weighted by atomic mass is 16.1. The number of carbonyl (C=O) groups excluding carboxylic acids is 1. The van der Waals surface area contributed by atoms with Crippen LogP contribution < -0.4 is 5.32 Å². The molecule has 1 N–H and O–H groups in total. The molecule has 1 unspecified atom stereocenters. The quantitative estimate of drug-likeness (QED) is 0.674. The number of fused-ring (bicyclic) bond motifs is 1. The largest absolute Gasteiger partial charge is 0.346 e. The van der Waals surface area contributed by atoms with Gasteiger partial charge in [0.2, 0.25) is 5.91 Å². The van der Waals surface area contributed by atoms with Gasteiger partial charge in [-0.15, -0.1) is 0 Å². The number of rotatable bonds is 6. The van der Waals surface area contributed by atoms with E-state index in [1.807, 2.05) is 63.2 Å². The molecule has 0 aliphatic carbocycles. The van der Waals surface area contributed by atoms with Gasteiger partial charge in [-0.2, -0.15) is 0 Å². The van der Waals surface area contributed by atoms with Crippen LogP contribution in [0.3, 0.4) is 0 Å². The summed E-state index contributed by atoms with van der Waals surface area (Å²) in [6.07, 6.45) is 0.373. The lowest BCUT2D eigenvalue weighted by atomic mass is 10.1. The first-order valence-electron chi connectivity index (χ1n) is 8.89. The van der Waals surface area contributed by atoms with Crippen LogP contribution in [0.4, 0.5) is 0 Å². The highest BCUT2D eigenvalue weighted by Gasteiger charge is 2.18. The molecule has 1 heterocycles. The van der Waals surface area contributed by atoms with Gasteiger partial charge in [0.1, 0.15) is 5.82 Å². The summed E-state index contributed by atoms with van der Waals surface area (Å²) in [4.78, 5) is 17.3. The fourth-order valence-corrected chi connectivity index (χ4v) is 3.20. The molecule has 26 heavy (non-hydrogen) atoms. The van der Waals surface area contributed by atoms with Crippen LogP contribution in [0.1, 0.15) is 36.8 Å². The zero-order valence-electron chi connectivity index (χ0n) is 15.6. The molecular weight excluding hydrogens is 322 g/mol. The van der Waals surface area contributed by atoms with E-state index < -0.39 is 0 Å². The second kappa shape index (κ2) is 7.56. The fourth-order valence-electron chi connectivity index (χ4n) is 3.20. The van der Waals surface area contributed by atoms with E-state index in [4.69, 9.17) is 4.98 Å². The van der Waals surface area contributed by atoms with Gasteiger partial charge in [0, 0.05) is 6.54 Å². The van der Waals surface area contributed by atoms with Crippen molar-refractivity contribution in [3.63, 3.8) is 0 Å². The van der Waals surface area contributed by atoms with E-state index in [1.165, 1.54) is 0 Å². The Kier molecular flexibility index (Phi) is 5.21. The first-order valence-corrected chi connectivity index (χ1v) is 8.89. The van der Waals surface area contributed by atoms with Crippen molar-refractivity contribution < 1.29 is 4.79 Å². The molecule has 0 radical (unpaired) electrons. The minimum absolute atomic E-state index is 0.000677. The Bertz CT molecular complexity index is 955. The van der Waals surface area contributed by atoms with Crippen molar-refractivity contribution in [3.05, 3.63) is 77.6 Å². The van der Waals surface area contributed by atoms with Crippen molar-refractivity contribution in [1.82, 2.24) is 14.9 Å². The molecule has 4 nitrogen and oxygen atoms in total. The zero-order chi connectivity index (χ0) is 18.7. The number of imidazole rings is 1. The van der Waals surface area contributed by atoms with Crippen LogP contribution in [0.2, 0.25) is 0 Å². The van der Waals surface area contributed by atoms with Gasteiger partial charge in [-0.05, 0) is 44.0 Å². The van der Waals surface area contributed by atoms with E-state index in [0.29, 0.717) is 13.0 Å². The van der Waals surface area contributed by atoms with Crippen molar-refractivity contribution in [2.24, 2.45) is 0 Å². The normalized spacial score (nSPS) is 12.1. The van der Waals surface area contributed by atoms with E-state index in [9.17, 15) is 4.79 Å². The van der Waals surface area contributed by atoms with Gasteiger partial charge >= 0.3 is 0 Å². The molecule has 0 bridgehead atoms. The van der Waals surface area contributed by atoms with Gasteiger partial charge in [-0.3, -0.25) is 4.79 Å². The maximum Gasteiger partial charge on any atom is 0.225 e. The molecule has 0 aliphatic rings. The molecule has 1 amide bonds. The maximum atomic E-state index is 12.5. The lowest BCUT2D eigenvalue weighted by Crippen LogP contribution is -2.30. The van der Waals surface area contributed by atoms with Gasteiger partial charge in [0.25, 0.3) is 0 Å². The molecule has 134 valence electrons. The van der Waals surface area contributed by atoms with E-state index >= 15 is 0 Å². The molecule has 0 spiro atoms. The molecule has 0 saturated heterocycles. The Morgan fingerprint density at radius 1 is 1.19 bits per heavy atom. The van der Waals surface area contributed by atoms with Crippen molar-refractivity contribution >= 4 is 16.9 Å². The number of carbonyl (C=O) groups is 1. The SMILES string of the molecule is C=C(C)Cn1c(C(C)NC(=O)Cc2ccccc2C)nc2ccccc21. The number of nitrogens with one attached hydrogen (secondary N) is 1. The number of amides is 1. The van der Waals surface area contributed by atoms with Gasteiger partial charge in [-0.1, -0.05) is 48.6 Å². The van der Waals surface area contributed by atoms with Crippen LogP contribution in [-0.2, 0) is 17.8 Å². The highest BCUT2D eigenvalue weighted by Crippen LogP contribution is 2.22. The van der Waals surface area contributed by atoms with Crippen molar-refractivity contribution in [2.75, 3.05) is 0 Å². The predicted molar refractivity (Wildman–Crippen MR) is 106 cm³/mol. The van der Waals surface area contributed by atoms with Crippen LogP contribution in [0, 0.1) is 6.92 Å². The number of para-hydroxylation sites is 2. The van der Waals surface area contributed by atoms with E-state index in [2.05, 4.69) is 22.5 Å². The van der Waals surface area contributed by atoms with Crippen LogP contribution in [-0.4, -0.2) is 15.5 Å². The molecule has 3 rings (SSSR count). The summed E-state index contributed by atoms with van der Waals surface area (Å²) in [5, 5.41) is 3.09. The summed E-state index contributed by atoms with van der Waals surface area (Å²) in [6, 6.07) is 15.8. The Morgan fingerprint density at radius 3 is 2.62 bits per heavy atom. The molecule has 1 atom stereocenters. The third-order valence-electron chi connectivity index (χ3n) is 4.49. The average Bonchev–Trinajstić information content (AvgIpc) is 2.95. The van der Waals surface area contributed by atoms with Crippen LogP contribution in [0.25, 0.3) is 11.0 Å². The smallest absolute Gasteiger partial charge is 0.225 e. The van der Waals surface area contributed by atoms with Gasteiger partial charge in [-0.25, -0.2) is 4.98 Å². The first-order chi connectivity index (χ1) is 12.5. The van der Waals surface area contributed by atoms with Gasteiger partial charge < -0.3 is 9.88 Å². The predicted octanol–water partition coefficient (Wildman–Crippen LogP) is 4.34. The third-order valence-corrected chi connectivity index (χ3v) is 4.49. The summed E-state index contributed by atoms with van der Waals surface area (Å²) < 4.78 is 2.14. The minimum atomic E-state index is -0.182. The van der Waals surface area contributed by atoms with E-state index in [-0.39, 0.29) is 11.9 Å². The molecule has 4 heteroatoms. The number of benzene rings is 2. The molecule has 0 aliphatic heterocycles. The molecule has 3 aromatic rings. The third kappa shape index (κ3) is 3.85. The summed E-state index contributed by atoms with van der Waals surface area (Å²) in [5.74, 6) is 0.855. The highest BCUT2D eigenvalue weighted by molar-refractivity contribution is 5.80. The molecule has 0 fully saturated rings. The lowest BCUT2D eigenvalue weighted by Gasteiger charge is -2.17. The Balaban J connectivity index is 1.83. The molecule has 2 aromatic carbocycles. The maximum absolute atomic E-state index is 12.5. The summed E-state index contributed by atoms with van der Waals surface area (Å²) in [6.45, 7) is 10.7. The lowest BCUT2D eigenvalue weighted by molar-refractivity contribution is -0.121. The molecular formula is C22H25N3O. The zero-order valence-corrected chi connectivity index (χ0v) is 15.6. The fraction of sp³-hybridized carbons (Fsp3) is 0.273. The van der Waals surface area contributed by atoms with Gasteiger partial charge in [0.15, 0.2) is 0 Å². The standard InChI is InChI=1S/C22H25N3O/c1-15(2)14-25-20-12-8-7-11-19(20)24-22(25)17(4)23-21(26)13-18-10-6-5-9-16(18)3/h5-12,17H,1,13-14H2,2-4H3,(H,23,26). The van der Waals surface area contributed by atoms with E-state index in [0.717, 1.165) is 33.6 Å². The molecule has 1 aromatic heterocycles. The van der Waals surface area contributed by atoms with E-state index in [1.54, 1.807) is 0 Å². The second-order valence-electron chi connectivity index (χ2n) is 6.89. The van der Waals surface area contributed by atoms with Crippen LogP contribution in [0.5, 0.6) is 0 Å². The number of aryl methyl sites for hydroxylation is 1. The molecule has 0 saturated carbocycles. The van der Waals surface area contributed by atoms with Crippen LogP contribution >= 0.6 is 0 Å². The van der Waals surface area contributed by atoms with Gasteiger partial charge in [0.05, 0.1) is 23.5 Å². The van der Waals surface area contributed by atoms with Crippen molar-refractivity contribution in [3.8, 4) is 0 Å². The average molecular weight is 347 g/mol. The Labute approximate surface area is 154 Å². The Hall–Kier alpha value is -2.88. The minimum Gasteiger partial charge on any atom is -0.346 e. The number of hydrogen-bond donors (Lipinski definition) is 1. The van der Waals surface area contributed by atoms with Crippen LogP contribution in [0.15, 0.2) is 60.7 Å². The van der Waals surface area contributed by atoms with Crippen molar-refractivity contribution in [1.29, 1.82) is 0 Å². The topological polar surface area (TPSA) is 46.9 Å². The number of nitrogens with zero attached hydrogens (tertiary/aromatic N) is 2. The second-order valence-corrected chi connectivity index (χ2v) is 6.89. The first kappa shape index (κ1) is 17.9. The summed E-state index contributed by atoms with van der Waals surface area (Å²) >= 11 is 0. The number of aromatic nitrogens is 2. The summed E-state index contributed by atoms with van der Waals surface area (Å²) in [7, 11) is 0. The number of hydrogen-bond acceptors (Lipinski definition) is 2. The monoisotopic (exact) mass is 347 g/mol. The Morgan fingerprint density at radius 2 is 1.88 bits per heavy atom. The summed E-state index contributed by atoms with van der Waals surface area (Å²) in [5.41, 5.74) is 5.22. The number of allylic oxidation sites excluding steroid dienone is 1.